The normalized spacial score (nSPS) is 16.7. The van der Waals surface area contributed by atoms with Crippen LogP contribution in [0.15, 0.2) is 60.0 Å². The number of carbonyl (C=O) groups excluding carboxylic acids is 1. The molecule has 1 fully saturated rings. The van der Waals surface area contributed by atoms with Gasteiger partial charge in [-0.15, -0.1) is 11.3 Å². The fraction of sp³-hybridized carbons (Fsp3) is 0.333. The van der Waals surface area contributed by atoms with Crippen molar-refractivity contribution >= 4 is 17.2 Å². The minimum absolute atomic E-state index is 0.112. The SMILES string of the molecule is O=C1CC[C@@H](CCNCc2cccc(C(F)(F)F)c2)N1Cc1nc(-c2ccccc2)cs1. The molecule has 8 heteroatoms. The first-order chi connectivity index (χ1) is 15.4. The Bertz CT molecular complexity index is 1050. The van der Waals surface area contributed by atoms with Gasteiger partial charge in [0.2, 0.25) is 5.91 Å². The van der Waals surface area contributed by atoms with E-state index in [1.807, 2.05) is 40.6 Å². The van der Waals surface area contributed by atoms with Crippen LogP contribution >= 0.6 is 11.3 Å². The van der Waals surface area contributed by atoms with Gasteiger partial charge in [-0.2, -0.15) is 13.2 Å². The van der Waals surface area contributed by atoms with Gasteiger partial charge in [-0.25, -0.2) is 4.98 Å². The second-order valence-electron chi connectivity index (χ2n) is 7.87. The lowest BCUT2D eigenvalue weighted by Gasteiger charge is -2.24. The van der Waals surface area contributed by atoms with Gasteiger partial charge in [0.1, 0.15) is 5.01 Å². The Kier molecular flexibility index (Phi) is 6.91. The maximum absolute atomic E-state index is 12.9. The van der Waals surface area contributed by atoms with Crippen molar-refractivity contribution < 1.29 is 18.0 Å². The Morgan fingerprint density at radius 2 is 1.94 bits per heavy atom. The minimum atomic E-state index is -4.34. The lowest BCUT2D eigenvalue weighted by Crippen LogP contribution is -2.34. The molecule has 1 saturated heterocycles. The number of alkyl halides is 3. The molecule has 4 rings (SSSR count). The standard InChI is InChI=1S/C24H24F3N3OS/c25-24(26,27)19-8-4-5-17(13-19)14-28-12-11-20-9-10-23(31)30(20)15-22-29-21(16-32-22)18-6-2-1-3-7-18/h1-8,13,16,20,28H,9-12,14-15H2/t20-/m0/s1. The van der Waals surface area contributed by atoms with E-state index in [1.54, 1.807) is 17.4 Å². The molecular weight excluding hydrogens is 435 g/mol. The molecule has 1 atom stereocenters. The highest BCUT2D eigenvalue weighted by atomic mass is 32.1. The molecule has 0 bridgehead atoms. The molecule has 1 amide bonds. The third-order valence-corrected chi connectivity index (χ3v) is 6.45. The van der Waals surface area contributed by atoms with Gasteiger partial charge >= 0.3 is 6.18 Å². The number of aromatic nitrogens is 1. The molecule has 0 unspecified atom stereocenters. The van der Waals surface area contributed by atoms with Gasteiger partial charge in [-0.1, -0.05) is 48.5 Å². The third-order valence-electron chi connectivity index (χ3n) is 5.62. The zero-order valence-electron chi connectivity index (χ0n) is 17.4. The zero-order chi connectivity index (χ0) is 22.6. The zero-order valence-corrected chi connectivity index (χ0v) is 18.3. The summed E-state index contributed by atoms with van der Waals surface area (Å²) >= 11 is 1.55. The Labute approximate surface area is 189 Å². The van der Waals surface area contributed by atoms with E-state index >= 15 is 0 Å². The lowest BCUT2D eigenvalue weighted by molar-refractivity contribution is -0.137. The van der Waals surface area contributed by atoms with Gasteiger partial charge < -0.3 is 10.2 Å². The van der Waals surface area contributed by atoms with E-state index in [2.05, 4.69) is 5.32 Å². The van der Waals surface area contributed by atoms with Crippen molar-refractivity contribution in [3.05, 3.63) is 76.1 Å². The molecule has 32 heavy (non-hydrogen) atoms. The van der Waals surface area contributed by atoms with Crippen LogP contribution in [0.3, 0.4) is 0 Å². The maximum atomic E-state index is 12.9. The van der Waals surface area contributed by atoms with Crippen LogP contribution in [0, 0.1) is 0 Å². The number of halogens is 3. The van der Waals surface area contributed by atoms with E-state index in [-0.39, 0.29) is 11.9 Å². The van der Waals surface area contributed by atoms with Crippen molar-refractivity contribution in [2.75, 3.05) is 6.54 Å². The van der Waals surface area contributed by atoms with Crippen LogP contribution in [0.2, 0.25) is 0 Å². The topological polar surface area (TPSA) is 45.2 Å². The predicted molar refractivity (Wildman–Crippen MR) is 119 cm³/mol. The molecule has 3 aromatic rings. The third kappa shape index (κ3) is 5.55. The number of hydrogen-bond acceptors (Lipinski definition) is 4. The monoisotopic (exact) mass is 459 g/mol. The van der Waals surface area contributed by atoms with Crippen LogP contribution in [-0.4, -0.2) is 28.4 Å². The predicted octanol–water partition coefficient (Wildman–Crippen LogP) is 5.50. The van der Waals surface area contributed by atoms with Crippen LogP contribution in [0.5, 0.6) is 0 Å². The number of rotatable bonds is 8. The summed E-state index contributed by atoms with van der Waals surface area (Å²) < 4.78 is 38.6. The molecule has 0 spiro atoms. The number of nitrogens with one attached hydrogen (secondary N) is 1. The average Bonchev–Trinajstić information content (AvgIpc) is 3.39. The number of carbonyl (C=O) groups is 1. The average molecular weight is 460 g/mol. The molecule has 1 aliphatic heterocycles. The molecule has 0 radical (unpaired) electrons. The van der Waals surface area contributed by atoms with Gasteiger partial charge in [0.25, 0.3) is 0 Å². The van der Waals surface area contributed by atoms with E-state index in [0.29, 0.717) is 31.6 Å². The molecule has 1 aromatic heterocycles. The summed E-state index contributed by atoms with van der Waals surface area (Å²) in [5, 5.41) is 6.13. The Balaban J connectivity index is 1.30. The molecule has 2 heterocycles. The van der Waals surface area contributed by atoms with Crippen molar-refractivity contribution in [2.45, 2.75) is 44.6 Å². The number of nitrogens with zero attached hydrogens (tertiary/aromatic N) is 2. The molecular formula is C24H24F3N3OS. The van der Waals surface area contributed by atoms with E-state index in [4.69, 9.17) is 4.98 Å². The first-order valence-corrected chi connectivity index (χ1v) is 11.4. The molecule has 4 nitrogen and oxygen atoms in total. The fourth-order valence-electron chi connectivity index (χ4n) is 3.94. The maximum Gasteiger partial charge on any atom is 0.416 e. The number of likely N-dealkylation sites (tertiary alicyclic amines) is 1. The molecule has 0 saturated carbocycles. The van der Waals surface area contributed by atoms with E-state index in [0.717, 1.165) is 35.2 Å². The van der Waals surface area contributed by atoms with Crippen molar-refractivity contribution in [3.8, 4) is 11.3 Å². The summed E-state index contributed by atoms with van der Waals surface area (Å²) in [7, 11) is 0. The van der Waals surface area contributed by atoms with E-state index < -0.39 is 11.7 Å². The Hall–Kier alpha value is -2.71. The van der Waals surface area contributed by atoms with Gasteiger partial charge in [-0.3, -0.25) is 4.79 Å². The lowest BCUT2D eigenvalue weighted by atomic mass is 10.1. The van der Waals surface area contributed by atoms with Crippen molar-refractivity contribution in [3.63, 3.8) is 0 Å². The van der Waals surface area contributed by atoms with Crippen molar-refractivity contribution in [1.29, 1.82) is 0 Å². The summed E-state index contributed by atoms with van der Waals surface area (Å²) in [6, 6.07) is 15.4. The van der Waals surface area contributed by atoms with Gasteiger partial charge in [0, 0.05) is 30.0 Å². The highest BCUT2D eigenvalue weighted by Gasteiger charge is 2.31. The number of thiazole rings is 1. The van der Waals surface area contributed by atoms with Crippen LogP contribution in [0.25, 0.3) is 11.3 Å². The molecule has 2 aromatic carbocycles. The Morgan fingerprint density at radius 1 is 1.12 bits per heavy atom. The molecule has 1 N–H and O–H groups in total. The summed E-state index contributed by atoms with van der Waals surface area (Å²) in [6.45, 7) is 1.48. The van der Waals surface area contributed by atoms with E-state index in [9.17, 15) is 18.0 Å². The largest absolute Gasteiger partial charge is 0.416 e. The highest BCUT2D eigenvalue weighted by Crippen LogP contribution is 2.30. The van der Waals surface area contributed by atoms with Crippen LogP contribution < -0.4 is 5.32 Å². The van der Waals surface area contributed by atoms with Gasteiger partial charge in [-0.05, 0) is 31.0 Å². The van der Waals surface area contributed by atoms with Crippen LogP contribution in [-0.2, 0) is 24.1 Å². The first-order valence-electron chi connectivity index (χ1n) is 10.6. The first kappa shape index (κ1) is 22.5. The van der Waals surface area contributed by atoms with Gasteiger partial charge in [0.05, 0.1) is 17.8 Å². The highest BCUT2D eigenvalue weighted by molar-refractivity contribution is 7.09. The summed E-state index contributed by atoms with van der Waals surface area (Å²) in [5.41, 5.74) is 1.92. The van der Waals surface area contributed by atoms with E-state index in [1.165, 1.54) is 12.1 Å². The number of amides is 1. The fourth-order valence-corrected chi connectivity index (χ4v) is 4.74. The minimum Gasteiger partial charge on any atom is -0.333 e. The Morgan fingerprint density at radius 3 is 2.72 bits per heavy atom. The summed E-state index contributed by atoms with van der Waals surface area (Å²) in [4.78, 5) is 19.0. The van der Waals surface area contributed by atoms with Crippen molar-refractivity contribution in [1.82, 2.24) is 15.2 Å². The quantitative estimate of drug-likeness (QED) is 0.453. The number of benzene rings is 2. The second-order valence-corrected chi connectivity index (χ2v) is 8.81. The number of hydrogen-bond donors (Lipinski definition) is 1. The van der Waals surface area contributed by atoms with Crippen molar-refractivity contribution in [2.24, 2.45) is 0 Å². The smallest absolute Gasteiger partial charge is 0.333 e. The summed E-state index contributed by atoms with van der Waals surface area (Å²) in [5.74, 6) is 0.129. The second kappa shape index (κ2) is 9.83. The van der Waals surface area contributed by atoms with Crippen LogP contribution in [0.1, 0.15) is 35.4 Å². The summed E-state index contributed by atoms with van der Waals surface area (Å²) in [6.07, 6.45) is -2.27. The molecule has 168 valence electrons. The molecule has 0 aliphatic carbocycles. The van der Waals surface area contributed by atoms with Crippen LogP contribution in [0.4, 0.5) is 13.2 Å². The van der Waals surface area contributed by atoms with Gasteiger partial charge in [0.15, 0.2) is 0 Å². The molecule has 1 aliphatic rings.